The molecule has 1 fully saturated rings. The van der Waals surface area contributed by atoms with Gasteiger partial charge >= 0.3 is 0 Å². The third-order valence-corrected chi connectivity index (χ3v) is 4.13. The molecule has 0 unspecified atom stereocenters. The van der Waals surface area contributed by atoms with E-state index in [1.807, 2.05) is 0 Å². The highest BCUT2D eigenvalue weighted by Crippen LogP contribution is 2.25. The van der Waals surface area contributed by atoms with Crippen LogP contribution in [-0.4, -0.2) is 18.6 Å². The topological polar surface area (TPSA) is 38.3 Å². The second-order valence-electron chi connectivity index (χ2n) is 5.12. The summed E-state index contributed by atoms with van der Waals surface area (Å²) in [5.41, 5.74) is 0. The Kier molecular flexibility index (Phi) is 5.83. The van der Waals surface area contributed by atoms with Crippen molar-refractivity contribution in [3.8, 4) is 5.75 Å². The SMILES string of the molecule is O=C(COc1cc(F)ccc1Br)NC1CCCCCC1. The third-order valence-electron chi connectivity index (χ3n) is 3.47. The highest BCUT2D eigenvalue weighted by atomic mass is 79.9. The molecule has 0 bridgehead atoms. The Balaban J connectivity index is 1.81. The minimum atomic E-state index is -0.382. The number of ether oxygens (including phenoxy) is 1. The van der Waals surface area contributed by atoms with Crippen LogP contribution >= 0.6 is 15.9 Å². The van der Waals surface area contributed by atoms with Crippen LogP contribution < -0.4 is 10.1 Å². The number of hydrogen-bond donors (Lipinski definition) is 1. The van der Waals surface area contributed by atoms with E-state index < -0.39 is 0 Å². The van der Waals surface area contributed by atoms with Crippen molar-refractivity contribution in [2.24, 2.45) is 0 Å². The lowest BCUT2D eigenvalue weighted by atomic mass is 10.1. The molecule has 1 saturated carbocycles. The summed E-state index contributed by atoms with van der Waals surface area (Å²) in [7, 11) is 0. The van der Waals surface area contributed by atoms with Crippen molar-refractivity contribution in [1.29, 1.82) is 0 Å². The first-order valence-corrected chi connectivity index (χ1v) is 7.81. The molecule has 3 nitrogen and oxygen atoms in total. The second kappa shape index (κ2) is 7.62. The molecule has 110 valence electrons. The average Bonchev–Trinajstić information content (AvgIpc) is 2.68. The quantitative estimate of drug-likeness (QED) is 0.844. The van der Waals surface area contributed by atoms with Crippen molar-refractivity contribution < 1.29 is 13.9 Å². The lowest BCUT2D eigenvalue weighted by Crippen LogP contribution is -2.37. The van der Waals surface area contributed by atoms with Crippen LogP contribution in [0.25, 0.3) is 0 Å². The zero-order valence-electron chi connectivity index (χ0n) is 11.3. The van der Waals surface area contributed by atoms with Gasteiger partial charge < -0.3 is 10.1 Å². The van der Waals surface area contributed by atoms with Gasteiger partial charge in [-0.15, -0.1) is 0 Å². The molecule has 0 saturated heterocycles. The summed E-state index contributed by atoms with van der Waals surface area (Å²) < 4.78 is 19.1. The van der Waals surface area contributed by atoms with Gasteiger partial charge in [-0.1, -0.05) is 25.7 Å². The van der Waals surface area contributed by atoms with Crippen LogP contribution in [0, 0.1) is 5.82 Å². The van der Waals surface area contributed by atoms with E-state index in [1.54, 1.807) is 6.07 Å². The lowest BCUT2D eigenvalue weighted by molar-refractivity contribution is -0.123. The van der Waals surface area contributed by atoms with Crippen LogP contribution in [0.15, 0.2) is 22.7 Å². The van der Waals surface area contributed by atoms with Gasteiger partial charge in [-0.3, -0.25) is 4.79 Å². The first kappa shape index (κ1) is 15.3. The van der Waals surface area contributed by atoms with Gasteiger partial charge in [-0.2, -0.15) is 0 Å². The number of benzene rings is 1. The molecule has 20 heavy (non-hydrogen) atoms. The summed E-state index contributed by atoms with van der Waals surface area (Å²) in [6.45, 7) is -0.0848. The summed E-state index contributed by atoms with van der Waals surface area (Å²) in [6.07, 6.45) is 6.91. The van der Waals surface area contributed by atoms with Crippen LogP contribution in [0.4, 0.5) is 4.39 Å². The van der Waals surface area contributed by atoms with Crippen molar-refractivity contribution in [1.82, 2.24) is 5.32 Å². The summed E-state index contributed by atoms with van der Waals surface area (Å²) in [5, 5.41) is 2.99. The highest BCUT2D eigenvalue weighted by Gasteiger charge is 2.15. The van der Waals surface area contributed by atoms with E-state index in [2.05, 4.69) is 21.2 Å². The molecule has 0 aliphatic heterocycles. The molecule has 0 aromatic heterocycles. The Morgan fingerprint density at radius 2 is 2.00 bits per heavy atom. The first-order valence-electron chi connectivity index (χ1n) is 7.02. The monoisotopic (exact) mass is 343 g/mol. The van der Waals surface area contributed by atoms with Gasteiger partial charge in [0, 0.05) is 12.1 Å². The van der Waals surface area contributed by atoms with E-state index in [-0.39, 0.29) is 24.4 Å². The normalized spacial score (nSPS) is 16.5. The number of carbonyl (C=O) groups is 1. The van der Waals surface area contributed by atoms with Gasteiger partial charge in [0.05, 0.1) is 4.47 Å². The maximum absolute atomic E-state index is 13.1. The van der Waals surface area contributed by atoms with Gasteiger partial charge in [-0.25, -0.2) is 4.39 Å². The largest absolute Gasteiger partial charge is 0.482 e. The predicted molar refractivity (Wildman–Crippen MR) is 79.2 cm³/mol. The Hall–Kier alpha value is -1.10. The van der Waals surface area contributed by atoms with E-state index >= 15 is 0 Å². The zero-order valence-corrected chi connectivity index (χ0v) is 12.9. The van der Waals surface area contributed by atoms with Crippen LogP contribution in [0.5, 0.6) is 5.75 Å². The Bertz CT molecular complexity index is 459. The third kappa shape index (κ3) is 4.78. The second-order valence-corrected chi connectivity index (χ2v) is 5.97. The van der Waals surface area contributed by atoms with Gasteiger partial charge in [0.2, 0.25) is 0 Å². The zero-order chi connectivity index (χ0) is 14.4. The average molecular weight is 344 g/mol. The summed E-state index contributed by atoms with van der Waals surface area (Å²) in [6, 6.07) is 4.42. The Morgan fingerprint density at radius 3 is 2.70 bits per heavy atom. The molecule has 0 radical (unpaired) electrons. The fraction of sp³-hybridized carbons (Fsp3) is 0.533. The fourth-order valence-corrected chi connectivity index (χ4v) is 2.79. The van der Waals surface area contributed by atoms with Gasteiger partial charge in [-0.05, 0) is 40.9 Å². The molecule has 1 aromatic carbocycles. The molecule has 0 heterocycles. The van der Waals surface area contributed by atoms with Crippen LogP contribution in [0.1, 0.15) is 38.5 Å². The number of rotatable bonds is 4. The first-order chi connectivity index (χ1) is 9.65. The maximum Gasteiger partial charge on any atom is 0.258 e. The number of halogens is 2. The standard InChI is InChI=1S/C15H19BrFNO2/c16-13-8-7-11(17)9-14(13)20-10-15(19)18-12-5-3-1-2-4-6-12/h7-9,12H,1-6,10H2,(H,18,19). The Morgan fingerprint density at radius 1 is 1.30 bits per heavy atom. The summed E-state index contributed by atoms with van der Waals surface area (Å²) in [4.78, 5) is 11.8. The molecule has 1 aliphatic rings. The van der Waals surface area contributed by atoms with Crippen molar-refractivity contribution in [3.63, 3.8) is 0 Å². The summed E-state index contributed by atoms with van der Waals surface area (Å²) in [5.74, 6) is -0.179. The van der Waals surface area contributed by atoms with Gasteiger partial charge in [0.1, 0.15) is 11.6 Å². The van der Waals surface area contributed by atoms with Crippen LogP contribution in [0.2, 0.25) is 0 Å². The molecule has 1 N–H and O–H groups in total. The fourth-order valence-electron chi connectivity index (χ4n) is 2.42. The number of carbonyl (C=O) groups excluding carboxylic acids is 1. The molecule has 0 atom stereocenters. The van der Waals surface area contributed by atoms with Crippen molar-refractivity contribution in [2.75, 3.05) is 6.61 Å². The predicted octanol–water partition coefficient (Wildman–Crippen LogP) is 3.81. The smallest absolute Gasteiger partial charge is 0.258 e. The number of hydrogen-bond acceptors (Lipinski definition) is 2. The van der Waals surface area contributed by atoms with Crippen LogP contribution in [-0.2, 0) is 4.79 Å². The molecule has 2 rings (SSSR count). The van der Waals surface area contributed by atoms with E-state index in [9.17, 15) is 9.18 Å². The van der Waals surface area contributed by atoms with Gasteiger partial charge in [0.25, 0.3) is 5.91 Å². The minimum absolute atomic E-state index is 0.0848. The van der Waals surface area contributed by atoms with Crippen LogP contribution in [0.3, 0.4) is 0 Å². The van der Waals surface area contributed by atoms with E-state index in [0.717, 1.165) is 12.8 Å². The molecule has 0 spiro atoms. The molecule has 1 amide bonds. The number of nitrogens with one attached hydrogen (secondary N) is 1. The highest BCUT2D eigenvalue weighted by molar-refractivity contribution is 9.10. The maximum atomic E-state index is 13.1. The molecule has 1 aliphatic carbocycles. The molecular weight excluding hydrogens is 325 g/mol. The molecule has 5 heteroatoms. The van der Waals surface area contributed by atoms with E-state index in [0.29, 0.717) is 10.2 Å². The van der Waals surface area contributed by atoms with Crippen molar-refractivity contribution >= 4 is 21.8 Å². The number of amides is 1. The van der Waals surface area contributed by atoms with E-state index in [1.165, 1.54) is 37.8 Å². The lowest BCUT2D eigenvalue weighted by Gasteiger charge is -2.16. The Labute approximate surface area is 127 Å². The van der Waals surface area contributed by atoms with Crippen molar-refractivity contribution in [3.05, 3.63) is 28.5 Å². The minimum Gasteiger partial charge on any atom is -0.482 e. The van der Waals surface area contributed by atoms with E-state index in [4.69, 9.17) is 4.74 Å². The van der Waals surface area contributed by atoms with Crippen molar-refractivity contribution in [2.45, 2.75) is 44.6 Å². The molecular formula is C15H19BrFNO2. The summed E-state index contributed by atoms with van der Waals surface area (Å²) >= 11 is 3.27. The molecule has 1 aromatic rings. The van der Waals surface area contributed by atoms with Gasteiger partial charge in [0.15, 0.2) is 6.61 Å².